The van der Waals surface area contributed by atoms with Crippen molar-refractivity contribution in [1.82, 2.24) is 0 Å². The van der Waals surface area contributed by atoms with Crippen LogP contribution in [0.4, 0.5) is 5.00 Å². The Hall–Kier alpha value is -0.870. The standard InChI is InChI=1S/C10H13NO2S/c12-8-9-2-3-10(14-9)11-4-1-6-13-7-5-11/h2-3,8H,1,4-7H2. The summed E-state index contributed by atoms with van der Waals surface area (Å²) in [5.41, 5.74) is 0. The van der Waals surface area contributed by atoms with Crippen LogP contribution in [0.15, 0.2) is 12.1 Å². The van der Waals surface area contributed by atoms with Crippen LogP contribution in [0.3, 0.4) is 0 Å². The molecule has 1 aromatic heterocycles. The number of hydrogen-bond acceptors (Lipinski definition) is 4. The summed E-state index contributed by atoms with van der Waals surface area (Å²) in [7, 11) is 0. The third kappa shape index (κ3) is 2.13. The predicted molar refractivity (Wildman–Crippen MR) is 57.4 cm³/mol. The van der Waals surface area contributed by atoms with E-state index in [0.29, 0.717) is 0 Å². The third-order valence-corrected chi connectivity index (χ3v) is 3.33. The Morgan fingerprint density at radius 3 is 3.07 bits per heavy atom. The molecule has 0 saturated carbocycles. The number of aldehydes is 1. The number of rotatable bonds is 2. The zero-order valence-electron chi connectivity index (χ0n) is 7.94. The lowest BCUT2D eigenvalue weighted by Gasteiger charge is -2.19. The highest BCUT2D eigenvalue weighted by molar-refractivity contribution is 7.17. The highest BCUT2D eigenvalue weighted by atomic mass is 32.1. The molecule has 0 unspecified atom stereocenters. The monoisotopic (exact) mass is 211 g/mol. The topological polar surface area (TPSA) is 29.5 Å². The van der Waals surface area contributed by atoms with Crippen LogP contribution in [-0.2, 0) is 4.74 Å². The molecule has 3 nitrogen and oxygen atoms in total. The van der Waals surface area contributed by atoms with E-state index >= 15 is 0 Å². The summed E-state index contributed by atoms with van der Waals surface area (Å²) in [5, 5.41) is 1.18. The molecule has 2 rings (SSSR count). The zero-order chi connectivity index (χ0) is 9.80. The normalized spacial score (nSPS) is 17.9. The van der Waals surface area contributed by atoms with Gasteiger partial charge in [0.25, 0.3) is 0 Å². The average Bonchev–Trinajstić information content (AvgIpc) is 2.53. The van der Waals surface area contributed by atoms with E-state index in [-0.39, 0.29) is 0 Å². The van der Waals surface area contributed by atoms with Gasteiger partial charge in [-0.2, -0.15) is 0 Å². The van der Waals surface area contributed by atoms with Crippen LogP contribution in [-0.4, -0.2) is 32.6 Å². The summed E-state index contributed by atoms with van der Waals surface area (Å²) in [6, 6.07) is 3.89. The highest BCUT2D eigenvalue weighted by Gasteiger charge is 2.11. The SMILES string of the molecule is O=Cc1ccc(N2CCCOCC2)s1. The highest BCUT2D eigenvalue weighted by Crippen LogP contribution is 2.25. The predicted octanol–water partition coefficient (Wildman–Crippen LogP) is 1.79. The fourth-order valence-electron chi connectivity index (χ4n) is 1.54. The second-order valence-electron chi connectivity index (χ2n) is 3.25. The molecule has 1 saturated heterocycles. The molecule has 4 heteroatoms. The van der Waals surface area contributed by atoms with Crippen LogP contribution in [0.25, 0.3) is 0 Å². The first kappa shape index (κ1) is 9.68. The van der Waals surface area contributed by atoms with Gasteiger partial charge in [0.05, 0.1) is 16.5 Å². The third-order valence-electron chi connectivity index (χ3n) is 2.26. The Balaban J connectivity index is 2.08. The van der Waals surface area contributed by atoms with Crippen LogP contribution in [0.2, 0.25) is 0 Å². The smallest absolute Gasteiger partial charge is 0.160 e. The van der Waals surface area contributed by atoms with Crippen molar-refractivity contribution in [2.75, 3.05) is 31.2 Å². The van der Waals surface area contributed by atoms with Gasteiger partial charge in [0, 0.05) is 19.7 Å². The van der Waals surface area contributed by atoms with Gasteiger partial charge in [-0.1, -0.05) is 0 Å². The lowest BCUT2D eigenvalue weighted by molar-refractivity contribution is 0.112. The van der Waals surface area contributed by atoms with Gasteiger partial charge in [0.15, 0.2) is 6.29 Å². The molecular formula is C10H13NO2S. The fourth-order valence-corrected chi connectivity index (χ4v) is 2.42. The van der Waals surface area contributed by atoms with Gasteiger partial charge in [-0.05, 0) is 18.6 Å². The number of ether oxygens (including phenoxy) is 1. The van der Waals surface area contributed by atoms with Crippen molar-refractivity contribution in [3.8, 4) is 0 Å². The number of hydrogen-bond donors (Lipinski definition) is 0. The van der Waals surface area contributed by atoms with E-state index < -0.39 is 0 Å². The second-order valence-corrected chi connectivity index (χ2v) is 4.34. The zero-order valence-corrected chi connectivity index (χ0v) is 8.76. The summed E-state index contributed by atoms with van der Waals surface area (Å²) in [5.74, 6) is 0. The van der Waals surface area contributed by atoms with Crippen molar-refractivity contribution in [2.24, 2.45) is 0 Å². The first-order chi connectivity index (χ1) is 6.90. The maximum absolute atomic E-state index is 10.5. The molecule has 0 bridgehead atoms. The summed E-state index contributed by atoms with van der Waals surface area (Å²) in [6.07, 6.45) is 1.97. The van der Waals surface area contributed by atoms with E-state index in [1.807, 2.05) is 12.1 Å². The Kier molecular flexibility index (Phi) is 3.16. The number of anilines is 1. The summed E-state index contributed by atoms with van der Waals surface area (Å²) in [6.45, 7) is 3.59. The minimum absolute atomic E-state index is 0.786. The lowest BCUT2D eigenvalue weighted by Crippen LogP contribution is -2.24. The second kappa shape index (κ2) is 4.57. The van der Waals surface area contributed by atoms with Gasteiger partial charge < -0.3 is 9.64 Å². The molecule has 76 valence electrons. The van der Waals surface area contributed by atoms with Crippen molar-refractivity contribution in [1.29, 1.82) is 0 Å². The molecule has 1 aliphatic heterocycles. The van der Waals surface area contributed by atoms with Crippen LogP contribution in [0, 0.1) is 0 Å². The van der Waals surface area contributed by atoms with Crippen LogP contribution < -0.4 is 4.90 Å². The van der Waals surface area contributed by atoms with E-state index in [1.165, 1.54) is 5.00 Å². The molecule has 0 N–H and O–H groups in total. The van der Waals surface area contributed by atoms with E-state index in [0.717, 1.165) is 43.9 Å². The number of carbonyl (C=O) groups is 1. The summed E-state index contributed by atoms with van der Waals surface area (Å²) in [4.78, 5) is 13.6. The van der Waals surface area contributed by atoms with Gasteiger partial charge >= 0.3 is 0 Å². The molecule has 0 aromatic carbocycles. The maximum Gasteiger partial charge on any atom is 0.160 e. The quantitative estimate of drug-likeness (QED) is 0.698. The number of carbonyl (C=O) groups excluding carboxylic acids is 1. The Bertz CT molecular complexity index is 303. The van der Waals surface area contributed by atoms with Gasteiger partial charge in [0.2, 0.25) is 0 Å². The van der Waals surface area contributed by atoms with Crippen LogP contribution >= 0.6 is 11.3 Å². The van der Waals surface area contributed by atoms with Crippen LogP contribution in [0.1, 0.15) is 16.1 Å². The molecule has 0 radical (unpaired) electrons. The molecule has 1 fully saturated rings. The molecular weight excluding hydrogens is 198 g/mol. The van der Waals surface area contributed by atoms with Gasteiger partial charge in [-0.25, -0.2) is 0 Å². The molecule has 0 amide bonds. The Labute approximate surface area is 87.3 Å². The number of nitrogens with zero attached hydrogens (tertiary/aromatic N) is 1. The van der Waals surface area contributed by atoms with Gasteiger partial charge in [-0.3, -0.25) is 4.79 Å². The largest absolute Gasteiger partial charge is 0.380 e. The van der Waals surface area contributed by atoms with Crippen molar-refractivity contribution >= 4 is 22.6 Å². The lowest BCUT2D eigenvalue weighted by atomic mass is 10.4. The van der Waals surface area contributed by atoms with E-state index in [9.17, 15) is 4.79 Å². The minimum Gasteiger partial charge on any atom is -0.380 e. The molecule has 0 spiro atoms. The number of thiophene rings is 1. The van der Waals surface area contributed by atoms with Crippen molar-refractivity contribution in [2.45, 2.75) is 6.42 Å². The van der Waals surface area contributed by atoms with Crippen LogP contribution in [0.5, 0.6) is 0 Å². The molecule has 14 heavy (non-hydrogen) atoms. The molecule has 0 aliphatic carbocycles. The van der Waals surface area contributed by atoms with Crippen molar-refractivity contribution in [3.63, 3.8) is 0 Å². The molecule has 2 heterocycles. The maximum atomic E-state index is 10.5. The van der Waals surface area contributed by atoms with E-state index in [4.69, 9.17) is 4.74 Å². The van der Waals surface area contributed by atoms with E-state index in [1.54, 1.807) is 11.3 Å². The first-order valence-corrected chi connectivity index (χ1v) is 5.59. The Morgan fingerprint density at radius 2 is 2.29 bits per heavy atom. The minimum atomic E-state index is 0.786. The molecule has 0 atom stereocenters. The van der Waals surface area contributed by atoms with Crippen molar-refractivity contribution in [3.05, 3.63) is 17.0 Å². The first-order valence-electron chi connectivity index (χ1n) is 4.78. The van der Waals surface area contributed by atoms with Crippen molar-refractivity contribution < 1.29 is 9.53 Å². The fraction of sp³-hybridized carbons (Fsp3) is 0.500. The van der Waals surface area contributed by atoms with Gasteiger partial charge in [0.1, 0.15) is 0 Å². The average molecular weight is 211 g/mol. The molecule has 1 aromatic rings. The van der Waals surface area contributed by atoms with Gasteiger partial charge in [-0.15, -0.1) is 11.3 Å². The molecule has 1 aliphatic rings. The Morgan fingerprint density at radius 1 is 1.36 bits per heavy atom. The van der Waals surface area contributed by atoms with E-state index in [2.05, 4.69) is 4.90 Å². The summed E-state index contributed by atoms with van der Waals surface area (Å²) < 4.78 is 5.37. The summed E-state index contributed by atoms with van der Waals surface area (Å²) >= 11 is 1.55.